The summed E-state index contributed by atoms with van der Waals surface area (Å²) in [5.74, 6) is -2.85. The van der Waals surface area contributed by atoms with Crippen molar-refractivity contribution in [3.63, 3.8) is 0 Å². The highest BCUT2D eigenvalue weighted by molar-refractivity contribution is 6.37. The maximum atomic E-state index is 14.0. The number of H-pyrrole nitrogens is 1. The Balaban J connectivity index is 1.28. The summed E-state index contributed by atoms with van der Waals surface area (Å²) in [6, 6.07) is 14.7. The average Bonchev–Trinajstić information content (AvgIpc) is 3.71. The molecule has 1 aromatic heterocycles. The largest absolute Gasteiger partial charge is 0.490 e. The zero-order valence-corrected chi connectivity index (χ0v) is 25.8. The molecule has 0 radical (unpaired) electrons. The van der Waals surface area contributed by atoms with Gasteiger partial charge in [-0.05, 0) is 60.2 Å². The number of carbonyl (C=O) groups excluding carboxylic acids is 4. The highest BCUT2D eigenvalue weighted by Crippen LogP contribution is 2.42. The van der Waals surface area contributed by atoms with Crippen molar-refractivity contribution in [2.75, 3.05) is 4.90 Å². The number of hydrogen-bond acceptors (Lipinski definition) is 7. The number of imide groups is 1. The summed E-state index contributed by atoms with van der Waals surface area (Å²) in [5.41, 5.74) is 2.00. The molecule has 0 fully saturated rings. The molecule has 3 aromatic carbocycles. The van der Waals surface area contributed by atoms with Crippen molar-refractivity contribution in [1.82, 2.24) is 9.97 Å². The summed E-state index contributed by atoms with van der Waals surface area (Å²) in [6.07, 6.45) is 6.42. The van der Waals surface area contributed by atoms with Crippen LogP contribution in [-0.2, 0) is 0 Å². The van der Waals surface area contributed by atoms with Crippen molar-refractivity contribution < 1.29 is 23.9 Å². The number of ketones is 2. The van der Waals surface area contributed by atoms with Crippen LogP contribution in [0.2, 0.25) is 0 Å². The molecule has 0 bridgehead atoms. The van der Waals surface area contributed by atoms with E-state index >= 15 is 0 Å². The number of aromatic nitrogens is 2. The number of rotatable bonds is 7. The SMILES string of the molecule is CC(C)C(Oc1ccc(C2=CC=CC2)c(N2C(=O)c3cc4c(cc3C2=O)C(=O)C(c2nc3ccccc3c(=O)[nH]2)C4=O)c1)C(C)C. The van der Waals surface area contributed by atoms with Crippen LogP contribution in [0.4, 0.5) is 5.69 Å². The number of aromatic amines is 1. The maximum absolute atomic E-state index is 14.0. The van der Waals surface area contributed by atoms with Crippen molar-refractivity contribution in [3.8, 4) is 5.75 Å². The number of benzene rings is 3. The summed E-state index contributed by atoms with van der Waals surface area (Å²) in [5, 5.41) is 0.332. The first-order chi connectivity index (χ1) is 22.0. The highest BCUT2D eigenvalue weighted by atomic mass is 16.5. The van der Waals surface area contributed by atoms with Crippen LogP contribution >= 0.6 is 0 Å². The Bertz CT molecular complexity index is 2070. The molecular formula is C37H31N3O6. The molecule has 2 aliphatic carbocycles. The summed E-state index contributed by atoms with van der Waals surface area (Å²) in [6.45, 7) is 8.33. The van der Waals surface area contributed by atoms with E-state index in [1.54, 1.807) is 30.3 Å². The van der Waals surface area contributed by atoms with Gasteiger partial charge in [-0.3, -0.25) is 24.0 Å². The van der Waals surface area contributed by atoms with Crippen molar-refractivity contribution in [2.45, 2.75) is 46.1 Å². The van der Waals surface area contributed by atoms with Crippen molar-refractivity contribution >= 4 is 45.5 Å². The third-order valence-electron chi connectivity index (χ3n) is 8.90. The molecule has 0 spiro atoms. The van der Waals surface area contributed by atoms with E-state index in [9.17, 15) is 24.0 Å². The molecule has 230 valence electrons. The number of nitrogens with one attached hydrogen (secondary N) is 1. The molecule has 1 aliphatic heterocycles. The predicted molar refractivity (Wildman–Crippen MR) is 174 cm³/mol. The lowest BCUT2D eigenvalue weighted by atomic mass is 9.96. The number of anilines is 1. The topological polar surface area (TPSA) is 126 Å². The van der Waals surface area contributed by atoms with Gasteiger partial charge >= 0.3 is 0 Å². The number of carbonyl (C=O) groups is 4. The second kappa shape index (κ2) is 10.9. The fourth-order valence-corrected chi connectivity index (χ4v) is 6.72. The van der Waals surface area contributed by atoms with Gasteiger partial charge in [0.1, 0.15) is 23.6 Å². The van der Waals surface area contributed by atoms with E-state index in [0.717, 1.165) is 10.5 Å². The highest BCUT2D eigenvalue weighted by Gasteiger charge is 2.46. The summed E-state index contributed by atoms with van der Waals surface area (Å²) in [7, 11) is 0. The van der Waals surface area contributed by atoms with Crippen LogP contribution in [0.3, 0.4) is 0 Å². The first-order valence-corrected chi connectivity index (χ1v) is 15.4. The van der Waals surface area contributed by atoms with Gasteiger partial charge in [0.15, 0.2) is 11.6 Å². The van der Waals surface area contributed by atoms with E-state index in [-0.39, 0.29) is 46.0 Å². The number of nitrogens with zero attached hydrogens (tertiary/aromatic N) is 2. The Kier molecular flexibility index (Phi) is 6.92. The minimum Gasteiger partial charge on any atom is -0.490 e. The van der Waals surface area contributed by atoms with Crippen LogP contribution in [0.15, 0.2) is 77.6 Å². The summed E-state index contributed by atoms with van der Waals surface area (Å²) >= 11 is 0. The zero-order chi connectivity index (χ0) is 32.4. The van der Waals surface area contributed by atoms with Crippen molar-refractivity contribution in [3.05, 3.63) is 117 Å². The van der Waals surface area contributed by atoms with Crippen LogP contribution in [0.5, 0.6) is 5.75 Å². The van der Waals surface area contributed by atoms with E-state index in [4.69, 9.17) is 4.74 Å². The number of para-hydroxylation sites is 1. The average molecular weight is 614 g/mol. The smallest absolute Gasteiger partial charge is 0.266 e. The predicted octanol–water partition coefficient (Wildman–Crippen LogP) is 6.29. The second-order valence-corrected chi connectivity index (χ2v) is 12.6. The van der Waals surface area contributed by atoms with E-state index in [2.05, 4.69) is 37.7 Å². The normalized spacial score (nSPS) is 16.1. The van der Waals surface area contributed by atoms with Crippen LogP contribution in [0.25, 0.3) is 16.5 Å². The van der Waals surface area contributed by atoms with Gasteiger partial charge in [-0.2, -0.15) is 0 Å². The number of hydrogen-bond donors (Lipinski definition) is 1. The summed E-state index contributed by atoms with van der Waals surface area (Å²) < 4.78 is 6.38. The van der Waals surface area contributed by atoms with Gasteiger partial charge in [-0.15, -0.1) is 0 Å². The van der Waals surface area contributed by atoms with Gasteiger partial charge in [0.2, 0.25) is 0 Å². The summed E-state index contributed by atoms with van der Waals surface area (Å²) in [4.78, 5) is 76.2. The minimum atomic E-state index is -1.38. The molecule has 7 rings (SSSR count). The number of Topliss-reactive ketones (excluding diaryl/α,β-unsaturated/α-hetero) is 2. The van der Waals surface area contributed by atoms with Gasteiger partial charge < -0.3 is 9.72 Å². The standard InChI is InChI=1S/C37H31N3O6/c1-18(2)33(19(3)4)46-21-13-14-22(20-9-5-6-10-20)29(15-21)40-36(44)26-16-24-25(17-27(26)37(40)45)32(42)30(31(24)41)34-38-28-12-8-7-11-23(28)35(43)39-34/h5-9,11-19,30,33H,10H2,1-4H3,(H,38,39,43). The van der Waals surface area contributed by atoms with Crippen LogP contribution < -0.4 is 15.2 Å². The number of amides is 2. The van der Waals surface area contributed by atoms with Gasteiger partial charge in [0, 0.05) is 22.8 Å². The Hall–Kier alpha value is -5.44. The maximum Gasteiger partial charge on any atom is 0.266 e. The quantitative estimate of drug-likeness (QED) is 0.192. The second-order valence-electron chi connectivity index (χ2n) is 12.6. The molecule has 0 saturated carbocycles. The third kappa shape index (κ3) is 4.53. The van der Waals surface area contributed by atoms with Gasteiger partial charge in [-0.1, -0.05) is 58.1 Å². The van der Waals surface area contributed by atoms with E-state index in [1.165, 1.54) is 12.1 Å². The Morgan fingerprint density at radius 1 is 0.804 bits per heavy atom. The molecule has 0 unspecified atom stereocenters. The van der Waals surface area contributed by atoms with Gasteiger partial charge in [0.05, 0.1) is 27.7 Å². The van der Waals surface area contributed by atoms with E-state index in [0.29, 0.717) is 34.3 Å². The van der Waals surface area contributed by atoms with Crippen molar-refractivity contribution in [2.24, 2.45) is 11.8 Å². The molecule has 3 aliphatic rings. The molecule has 9 nitrogen and oxygen atoms in total. The zero-order valence-electron chi connectivity index (χ0n) is 25.8. The van der Waals surface area contributed by atoms with E-state index < -0.39 is 34.9 Å². The Morgan fingerprint density at radius 2 is 1.46 bits per heavy atom. The molecule has 1 N–H and O–H groups in total. The fraction of sp³-hybridized carbons (Fsp3) is 0.243. The minimum absolute atomic E-state index is 0.0178. The van der Waals surface area contributed by atoms with Crippen LogP contribution in [0, 0.1) is 11.8 Å². The molecule has 4 aromatic rings. The first-order valence-electron chi connectivity index (χ1n) is 15.4. The van der Waals surface area contributed by atoms with Crippen molar-refractivity contribution in [1.29, 1.82) is 0 Å². The monoisotopic (exact) mass is 613 g/mol. The first kappa shape index (κ1) is 29.3. The number of fused-ring (bicyclic) bond motifs is 3. The lowest BCUT2D eigenvalue weighted by molar-refractivity contribution is 0.0882. The molecule has 0 saturated heterocycles. The molecule has 2 heterocycles. The molecular weight excluding hydrogens is 582 g/mol. The lowest BCUT2D eigenvalue weighted by Crippen LogP contribution is -2.31. The van der Waals surface area contributed by atoms with Gasteiger partial charge in [0.25, 0.3) is 17.4 Å². The van der Waals surface area contributed by atoms with E-state index in [1.807, 2.05) is 30.4 Å². The molecule has 2 amide bonds. The number of allylic oxidation sites excluding steroid dienone is 4. The number of ether oxygens (including phenoxy) is 1. The Morgan fingerprint density at radius 3 is 2.07 bits per heavy atom. The van der Waals surface area contributed by atoms with Gasteiger partial charge in [-0.25, -0.2) is 9.88 Å². The van der Waals surface area contributed by atoms with Crippen LogP contribution in [-0.4, -0.2) is 39.5 Å². The fourth-order valence-electron chi connectivity index (χ4n) is 6.72. The third-order valence-corrected chi connectivity index (χ3v) is 8.90. The molecule has 0 atom stereocenters. The molecule has 9 heteroatoms. The lowest BCUT2D eigenvalue weighted by Gasteiger charge is -2.27. The molecule has 46 heavy (non-hydrogen) atoms. The van der Waals surface area contributed by atoms with Crippen LogP contribution in [0.1, 0.15) is 92.9 Å². The Labute approximate surface area is 264 Å².